The summed E-state index contributed by atoms with van der Waals surface area (Å²) in [6, 6.07) is 6.41. The van der Waals surface area contributed by atoms with Gasteiger partial charge in [-0.3, -0.25) is 0 Å². The van der Waals surface area contributed by atoms with Crippen LogP contribution in [0.25, 0.3) is 0 Å². The smallest absolute Gasteiger partial charge is 0.0441 e. The molecule has 1 aromatic rings. The molecule has 19 heavy (non-hydrogen) atoms. The lowest BCUT2D eigenvalue weighted by molar-refractivity contribution is 0.243. The Labute approximate surface area is 124 Å². The van der Waals surface area contributed by atoms with E-state index in [1.807, 2.05) is 12.1 Å². The summed E-state index contributed by atoms with van der Waals surface area (Å²) in [6.45, 7) is 0. The summed E-state index contributed by atoms with van der Waals surface area (Å²) in [5.74, 6) is 3.90. The molecular weight excluding hydrogens is 277 g/mol. The predicted octanol–water partition coefficient (Wildman–Crippen LogP) is 5.23. The van der Waals surface area contributed by atoms with E-state index in [1.54, 1.807) is 6.07 Å². The molecule has 3 heteroatoms. The zero-order chi connectivity index (χ0) is 13.0. The van der Waals surface area contributed by atoms with Crippen LogP contribution in [-0.4, -0.2) is 6.04 Å². The Morgan fingerprint density at radius 2 is 1.63 bits per heavy atom. The first kappa shape index (κ1) is 12.3. The van der Waals surface area contributed by atoms with Crippen molar-refractivity contribution in [1.29, 1.82) is 0 Å². The summed E-state index contributed by atoms with van der Waals surface area (Å²) in [7, 11) is 0. The highest BCUT2D eigenvalue weighted by atomic mass is 35.5. The van der Waals surface area contributed by atoms with Crippen LogP contribution < -0.4 is 5.32 Å². The number of fused-ring (bicyclic) bond motifs is 5. The minimum absolute atomic E-state index is 0.638. The Bertz CT molecular complexity index is 481. The highest BCUT2D eigenvalue weighted by Gasteiger charge is 2.53. The Morgan fingerprint density at radius 1 is 0.895 bits per heavy atom. The van der Waals surface area contributed by atoms with Crippen molar-refractivity contribution in [2.24, 2.45) is 23.7 Å². The summed E-state index contributed by atoms with van der Waals surface area (Å²) in [5.41, 5.74) is 1.09. The first-order valence-electron chi connectivity index (χ1n) is 7.43. The van der Waals surface area contributed by atoms with Crippen molar-refractivity contribution in [3.05, 3.63) is 28.2 Å². The van der Waals surface area contributed by atoms with Crippen LogP contribution in [0.3, 0.4) is 0 Å². The van der Waals surface area contributed by atoms with Gasteiger partial charge in [0.15, 0.2) is 0 Å². The van der Waals surface area contributed by atoms with E-state index in [-0.39, 0.29) is 0 Å². The molecule has 0 amide bonds. The van der Waals surface area contributed by atoms with Crippen molar-refractivity contribution in [2.75, 3.05) is 5.32 Å². The number of benzene rings is 1. The lowest BCUT2D eigenvalue weighted by atomic mass is 9.79. The lowest BCUT2D eigenvalue weighted by Gasteiger charge is -2.32. The second-order valence-electron chi connectivity index (χ2n) is 6.56. The monoisotopic (exact) mass is 295 g/mol. The number of hydrogen-bond donors (Lipinski definition) is 1. The van der Waals surface area contributed by atoms with Crippen molar-refractivity contribution in [3.63, 3.8) is 0 Å². The molecule has 0 heterocycles. The number of halogens is 2. The SMILES string of the molecule is Clc1cc(Cl)cc(NC2CC3CC2C2CCCC32)c1. The van der Waals surface area contributed by atoms with Gasteiger partial charge in [-0.2, -0.15) is 0 Å². The van der Waals surface area contributed by atoms with Crippen molar-refractivity contribution in [1.82, 2.24) is 0 Å². The van der Waals surface area contributed by atoms with Crippen molar-refractivity contribution < 1.29 is 0 Å². The van der Waals surface area contributed by atoms with Crippen LogP contribution in [0.1, 0.15) is 32.1 Å². The van der Waals surface area contributed by atoms with E-state index in [0.29, 0.717) is 6.04 Å². The summed E-state index contributed by atoms with van der Waals surface area (Å²) in [6.07, 6.45) is 7.19. The predicted molar refractivity (Wildman–Crippen MR) is 80.9 cm³/mol. The van der Waals surface area contributed by atoms with Gasteiger partial charge in [-0.25, -0.2) is 0 Å². The molecule has 0 saturated heterocycles. The maximum atomic E-state index is 6.08. The third kappa shape index (κ3) is 2.06. The molecule has 4 rings (SSSR count). The van der Waals surface area contributed by atoms with E-state index in [0.717, 1.165) is 39.4 Å². The molecular formula is C16H19Cl2N. The van der Waals surface area contributed by atoms with E-state index in [1.165, 1.54) is 32.1 Å². The Balaban J connectivity index is 1.52. The number of rotatable bonds is 2. The van der Waals surface area contributed by atoms with Gasteiger partial charge in [0.1, 0.15) is 0 Å². The number of hydrogen-bond acceptors (Lipinski definition) is 1. The van der Waals surface area contributed by atoms with Crippen molar-refractivity contribution in [3.8, 4) is 0 Å². The Morgan fingerprint density at radius 3 is 2.42 bits per heavy atom. The molecule has 3 fully saturated rings. The fourth-order valence-electron chi connectivity index (χ4n) is 5.09. The van der Waals surface area contributed by atoms with Gasteiger partial charge in [0.2, 0.25) is 0 Å². The van der Waals surface area contributed by atoms with Gasteiger partial charge in [-0.1, -0.05) is 29.6 Å². The third-order valence-corrected chi connectivity index (χ3v) is 6.08. The highest BCUT2D eigenvalue weighted by molar-refractivity contribution is 6.35. The molecule has 1 N–H and O–H groups in total. The van der Waals surface area contributed by atoms with Crippen LogP contribution >= 0.6 is 23.2 Å². The topological polar surface area (TPSA) is 12.0 Å². The molecule has 0 aromatic heterocycles. The van der Waals surface area contributed by atoms with Gasteiger partial charge in [0.25, 0.3) is 0 Å². The first-order valence-corrected chi connectivity index (χ1v) is 8.19. The van der Waals surface area contributed by atoms with Crippen LogP contribution in [0.2, 0.25) is 10.0 Å². The molecule has 3 aliphatic rings. The molecule has 0 radical (unpaired) electrons. The summed E-state index contributed by atoms with van der Waals surface area (Å²) in [5, 5.41) is 5.14. The summed E-state index contributed by atoms with van der Waals surface area (Å²) >= 11 is 12.2. The molecule has 0 aliphatic heterocycles. The van der Waals surface area contributed by atoms with Crippen LogP contribution in [0.5, 0.6) is 0 Å². The van der Waals surface area contributed by atoms with Crippen molar-refractivity contribution >= 4 is 28.9 Å². The van der Waals surface area contributed by atoms with Crippen molar-refractivity contribution in [2.45, 2.75) is 38.1 Å². The highest BCUT2D eigenvalue weighted by Crippen LogP contribution is 2.59. The molecule has 2 bridgehead atoms. The fraction of sp³-hybridized carbons (Fsp3) is 0.625. The Kier molecular flexibility index (Phi) is 2.97. The van der Waals surface area contributed by atoms with Crippen LogP contribution in [0, 0.1) is 23.7 Å². The van der Waals surface area contributed by atoms with Crippen LogP contribution in [0.4, 0.5) is 5.69 Å². The molecule has 0 spiro atoms. The van der Waals surface area contributed by atoms with Gasteiger partial charge in [0, 0.05) is 21.8 Å². The van der Waals surface area contributed by atoms with Gasteiger partial charge < -0.3 is 5.32 Å². The Hall–Kier alpha value is -0.400. The summed E-state index contributed by atoms with van der Waals surface area (Å²) < 4.78 is 0. The maximum Gasteiger partial charge on any atom is 0.0441 e. The maximum absolute atomic E-state index is 6.08. The van der Waals surface area contributed by atoms with Gasteiger partial charge in [-0.05, 0) is 67.6 Å². The lowest BCUT2D eigenvalue weighted by Crippen LogP contribution is -2.33. The van der Waals surface area contributed by atoms with E-state index in [2.05, 4.69) is 5.32 Å². The van der Waals surface area contributed by atoms with E-state index >= 15 is 0 Å². The minimum Gasteiger partial charge on any atom is -0.382 e. The zero-order valence-corrected chi connectivity index (χ0v) is 12.4. The second-order valence-corrected chi connectivity index (χ2v) is 7.44. The quantitative estimate of drug-likeness (QED) is 0.788. The molecule has 3 aliphatic carbocycles. The van der Waals surface area contributed by atoms with Crippen LogP contribution in [-0.2, 0) is 0 Å². The first-order chi connectivity index (χ1) is 9.20. The number of nitrogens with one attached hydrogen (secondary N) is 1. The molecule has 1 nitrogen and oxygen atoms in total. The molecule has 5 atom stereocenters. The standard InChI is InChI=1S/C16H19Cl2N/c17-10-6-11(18)8-12(7-10)19-16-5-9-4-15(16)14-3-1-2-13(9)14/h6-9,13-16,19H,1-5H2. The minimum atomic E-state index is 0.638. The normalized spacial score (nSPS) is 39.6. The molecule has 102 valence electrons. The molecule has 3 saturated carbocycles. The van der Waals surface area contributed by atoms with E-state index < -0.39 is 0 Å². The average molecular weight is 296 g/mol. The van der Waals surface area contributed by atoms with Gasteiger partial charge >= 0.3 is 0 Å². The second kappa shape index (κ2) is 4.56. The largest absolute Gasteiger partial charge is 0.382 e. The third-order valence-electron chi connectivity index (χ3n) is 5.64. The van der Waals surface area contributed by atoms with Gasteiger partial charge in [0.05, 0.1) is 0 Å². The zero-order valence-electron chi connectivity index (χ0n) is 10.9. The number of anilines is 1. The molecule has 5 unspecified atom stereocenters. The average Bonchev–Trinajstić information content (AvgIpc) is 2.97. The van der Waals surface area contributed by atoms with E-state index in [4.69, 9.17) is 23.2 Å². The fourth-order valence-corrected chi connectivity index (χ4v) is 5.61. The van der Waals surface area contributed by atoms with E-state index in [9.17, 15) is 0 Å². The summed E-state index contributed by atoms with van der Waals surface area (Å²) in [4.78, 5) is 0. The molecule has 1 aromatic carbocycles. The van der Waals surface area contributed by atoms with Crippen LogP contribution in [0.15, 0.2) is 18.2 Å². The van der Waals surface area contributed by atoms with Gasteiger partial charge in [-0.15, -0.1) is 0 Å².